The second kappa shape index (κ2) is 4.65. The highest BCUT2D eigenvalue weighted by atomic mass is 16.6. The summed E-state index contributed by atoms with van der Waals surface area (Å²) in [6, 6.07) is 0. The monoisotopic (exact) mass is 115 g/mol. The number of hydrogen-bond acceptors (Lipinski definition) is 2. The first kappa shape index (κ1) is 7.50. The maximum atomic E-state index is 4.59. The summed E-state index contributed by atoms with van der Waals surface area (Å²) < 4.78 is 0. The summed E-state index contributed by atoms with van der Waals surface area (Å²) >= 11 is 0. The van der Waals surface area contributed by atoms with Crippen molar-refractivity contribution in [2.45, 2.75) is 20.3 Å². The topological polar surface area (TPSA) is 21.3 Å². The van der Waals surface area contributed by atoms with E-state index in [0.29, 0.717) is 0 Å². The van der Waals surface area contributed by atoms with E-state index in [-0.39, 0.29) is 0 Å². The molecule has 1 N–H and O–H groups in total. The predicted octanol–water partition coefficient (Wildman–Crippen LogP) is 1.45. The number of rotatable bonds is 3. The van der Waals surface area contributed by atoms with Gasteiger partial charge in [-0.1, -0.05) is 12.5 Å². The van der Waals surface area contributed by atoms with E-state index in [1.807, 2.05) is 13.1 Å². The summed E-state index contributed by atoms with van der Waals surface area (Å²) in [5.41, 5.74) is 3.92. The molecule has 0 atom stereocenters. The van der Waals surface area contributed by atoms with E-state index in [0.717, 1.165) is 6.42 Å². The molecule has 0 aromatic rings. The van der Waals surface area contributed by atoms with Gasteiger partial charge in [-0.25, -0.2) is 0 Å². The third kappa shape index (κ3) is 3.68. The van der Waals surface area contributed by atoms with Crippen LogP contribution in [0.2, 0.25) is 0 Å². The Bertz CT molecular complexity index is 78.6. The minimum Gasteiger partial charge on any atom is -0.280 e. The highest BCUT2D eigenvalue weighted by Gasteiger charge is 1.78. The molecule has 0 fully saturated rings. The number of hydrogen-bond donors (Lipinski definition) is 1. The van der Waals surface area contributed by atoms with Crippen LogP contribution in [0.1, 0.15) is 20.3 Å². The zero-order chi connectivity index (χ0) is 6.41. The summed E-state index contributed by atoms with van der Waals surface area (Å²) in [5.74, 6) is 0. The van der Waals surface area contributed by atoms with Gasteiger partial charge in [0, 0.05) is 6.20 Å². The molecule has 0 radical (unpaired) electrons. The fourth-order valence-corrected chi connectivity index (χ4v) is 0.262. The van der Waals surface area contributed by atoms with E-state index in [4.69, 9.17) is 0 Å². The van der Waals surface area contributed by atoms with Crippen molar-refractivity contribution in [1.82, 2.24) is 5.48 Å². The van der Waals surface area contributed by atoms with E-state index < -0.39 is 0 Å². The zero-order valence-electron chi connectivity index (χ0n) is 5.69. The molecular weight excluding hydrogens is 102 g/mol. The maximum absolute atomic E-state index is 4.59. The van der Waals surface area contributed by atoms with Crippen molar-refractivity contribution in [3.8, 4) is 0 Å². The molecule has 8 heavy (non-hydrogen) atoms. The van der Waals surface area contributed by atoms with E-state index in [1.165, 1.54) is 5.57 Å². The van der Waals surface area contributed by atoms with Crippen LogP contribution in [-0.2, 0) is 4.84 Å². The van der Waals surface area contributed by atoms with Gasteiger partial charge in [-0.15, -0.1) is 0 Å². The number of hydroxylamine groups is 1. The molecule has 0 saturated carbocycles. The normalized spacial score (nSPS) is 11.6. The van der Waals surface area contributed by atoms with Crippen molar-refractivity contribution in [2.24, 2.45) is 0 Å². The van der Waals surface area contributed by atoms with E-state index in [1.54, 1.807) is 7.11 Å². The van der Waals surface area contributed by atoms with Crippen molar-refractivity contribution in [1.29, 1.82) is 0 Å². The molecule has 48 valence electrons. The molecule has 0 aromatic heterocycles. The minimum atomic E-state index is 1.07. The molecule has 0 unspecified atom stereocenters. The fourth-order valence-electron chi connectivity index (χ4n) is 0.262. The summed E-state index contributed by atoms with van der Waals surface area (Å²) in [7, 11) is 1.60. The highest BCUT2D eigenvalue weighted by molar-refractivity contribution is 4.93. The van der Waals surface area contributed by atoms with Gasteiger partial charge >= 0.3 is 0 Å². The van der Waals surface area contributed by atoms with Crippen LogP contribution in [0.5, 0.6) is 0 Å². The van der Waals surface area contributed by atoms with Gasteiger partial charge in [-0.2, -0.15) is 0 Å². The third-order valence-corrected chi connectivity index (χ3v) is 0.981. The maximum Gasteiger partial charge on any atom is 0.0636 e. The lowest BCUT2D eigenvalue weighted by Crippen LogP contribution is -2.01. The molecule has 0 aliphatic rings. The Labute approximate surface area is 50.5 Å². The Morgan fingerprint density at radius 3 is 2.75 bits per heavy atom. The van der Waals surface area contributed by atoms with Crippen molar-refractivity contribution in [2.75, 3.05) is 7.11 Å². The van der Waals surface area contributed by atoms with E-state index >= 15 is 0 Å². The molecule has 0 aromatic carbocycles. The van der Waals surface area contributed by atoms with Gasteiger partial charge in [0.25, 0.3) is 0 Å². The van der Waals surface area contributed by atoms with Crippen LogP contribution in [0.25, 0.3) is 0 Å². The van der Waals surface area contributed by atoms with Crippen LogP contribution < -0.4 is 5.48 Å². The van der Waals surface area contributed by atoms with Crippen molar-refractivity contribution >= 4 is 0 Å². The Balaban J connectivity index is 3.26. The molecule has 0 amide bonds. The van der Waals surface area contributed by atoms with Crippen LogP contribution in [0.15, 0.2) is 11.8 Å². The molecule has 0 bridgehead atoms. The Morgan fingerprint density at radius 1 is 1.75 bits per heavy atom. The number of allylic oxidation sites excluding steroid dienone is 1. The van der Waals surface area contributed by atoms with Gasteiger partial charge in [-0.05, 0) is 13.3 Å². The largest absolute Gasteiger partial charge is 0.280 e. The van der Waals surface area contributed by atoms with E-state index in [2.05, 4.69) is 17.2 Å². The van der Waals surface area contributed by atoms with Crippen LogP contribution in [-0.4, -0.2) is 7.11 Å². The standard InChI is InChI=1S/C6H13NO/c1-4-6(2)5-7-8-3/h5,7H,4H2,1-3H3. The molecule has 0 rings (SSSR count). The van der Waals surface area contributed by atoms with Crippen LogP contribution in [0.3, 0.4) is 0 Å². The first-order chi connectivity index (χ1) is 3.81. The fraction of sp³-hybridized carbons (Fsp3) is 0.667. The van der Waals surface area contributed by atoms with Crippen LogP contribution in [0.4, 0.5) is 0 Å². The summed E-state index contributed by atoms with van der Waals surface area (Å²) in [6.07, 6.45) is 2.91. The second-order valence-corrected chi connectivity index (χ2v) is 1.67. The molecule has 0 spiro atoms. The molecule has 2 nitrogen and oxygen atoms in total. The summed E-state index contributed by atoms with van der Waals surface area (Å²) in [4.78, 5) is 4.59. The second-order valence-electron chi connectivity index (χ2n) is 1.67. The van der Waals surface area contributed by atoms with Crippen molar-refractivity contribution < 1.29 is 4.84 Å². The van der Waals surface area contributed by atoms with Crippen LogP contribution >= 0.6 is 0 Å². The summed E-state index contributed by atoms with van der Waals surface area (Å²) in [5, 5.41) is 0. The van der Waals surface area contributed by atoms with Crippen molar-refractivity contribution in [3.63, 3.8) is 0 Å². The van der Waals surface area contributed by atoms with Gasteiger partial charge in [-0.3, -0.25) is 10.3 Å². The first-order valence-electron chi connectivity index (χ1n) is 2.75. The molecular formula is C6H13NO. The van der Waals surface area contributed by atoms with Gasteiger partial charge in [0.05, 0.1) is 7.11 Å². The first-order valence-corrected chi connectivity index (χ1v) is 2.75. The smallest absolute Gasteiger partial charge is 0.0636 e. The third-order valence-electron chi connectivity index (χ3n) is 0.981. The molecule has 0 heterocycles. The Hall–Kier alpha value is -0.500. The molecule has 0 aliphatic carbocycles. The minimum absolute atomic E-state index is 1.07. The lowest BCUT2D eigenvalue weighted by atomic mass is 10.3. The Morgan fingerprint density at radius 2 is 2.38 bits per heavy atom. The van der Waals surface area contributed by atoms with E-state index in [9.17, 15) is 0 Å². The molecule has 2 heteroatoms. The molecule has 0 saturated heterocycles. The van der Waals surface area contributed by atoms with Crippen molar-refractivity contribution in [3.05, 3.63) is 11.8 Å². The number of nitrogens with one attached hydrogen (secondary N) is 1. The SMILES string of the molecule is CCC(C)=CNOC. The highest BCUT2D eigenvalue weighted by Crippen LogP contribution is 1.93. The molecule has 0 aliphatic heterocycles. The van der Waals surface area contributed by atoms with Gasteiger partial charge < -0.3 is 0 Å². The summed E-state index contributed by atoms with van der Waals surface area (Å²) in [6.45, 7) is 4.15. The zero-order valence-corrected chi connectivity index (χ0v) is 5.69. The Kier molecular flexibility index (Phi) is 4.36. The average molecular weight is 115 g/mol. The quantitative estimate of drug-likeness (QED) is 0.562. The lowest BCUT2D eigenvalue weighted by molar-refractivity contribution is 0.127. The lowest BCUT2D eigenvalue weighted by Gasteiger charge is -1.95. The van der Waals surface area contributed by atoms with Gasteiger partial charge in [0.15, 0.2) is 0 Å². The van der Waals surface area contributed by atoms with Gasteiger partial charge in [0.1, 0.15) is 0 Å². The average Bonchev–Trinajstić information content (AvgIpc) is 1.83. The van der Waals surface area contributed by atoms with Gasteiger partial charge in [0.2, 0.25) is 0 Å². The predicted molar refractivity (Wildman–Crippen MR) is 34.2 cm³/mol. The van der Waals surface area contributed by atoms with Crippen LogP contribution in [0, 0.1) is 0 Å².